The van der Waals surface area contributed by atoms with E-state index < -0.39 is 0 Å². The van der Waals surface area contributed by atoms with Crippen molar-refractivity contribution in [3.05, 3.63) is 40.8 Å². The van der Waals surface area contributed by atoms with Gasteiger partial charge in [-0.15, -0.1) is 11.3 Å². The molecule has 0 unspecified atom stereocenters. The molecule has 0 aliphatic heterocycles. The SMILES string of the molecule is CN(Cc1cscn1)C(=O)CCOc1ccccc1N. The Bertz CT molecular complexity index is 557. The zero-order valence-electron chi connectivity index (χ0n) is 11.3. The van der Waals surface area contributed by atoms with Crippen molar-refractivity contribution in [1.82, 2.24) is 9.88 Å². The highest BCUT2D eigenvalue weighted by Gasteiger charge is 2.10. The molecule has 20 heavy (non-hydrogen) atoms. The van der Waals surface area contributed by atoms with Gasteiger partial charge >= 0.3 is 0 Å². The highest BCUT2D eigenvalue weighted by Crippen LogP contribution is 2.19. The van der Waals surface area contributed by atoms with Crippen molar-refractivity contribution in [2.45, 2.75) is 13.0 Å². The van der Waals surface area contributed by atoms with Crippen LogP contribution < -0.4 is 10.5 Å². The summed E-state index contributed by atoms with van der Waals surface area (Å²) in [6.07, 6.45) is 0.314. The van der Waals surface area contributed by atoms with Gasteiger partial charge in [-0.3, -0.25) is 4.79 Å². The minimum absolute atomic E-state index is 0.0208. The van der Waals surface area contributed by atoms with E-state index in [0.717, 1.165) is 5.69 Å². The Morgan fingerprint density at radius 2 is 2.25 bits per heavy atom. The number of anilines is 1. The number of nitrogen functional groups attached to an aromatic ring is 1. The van der Waals surface area contributed by atoms with E-state index in [2.05, 4.69) is 4.98 Å². The fourth-order valence-corrected chi connectivity index (χ4v) is 2.25. The maximum absolute atomic E-state index is 11.9. The zero-order chi connectivity index (χ0) is 14.4. The molecule has 0 saturated carbocycles. The summed E-state index contributed by atoms with van der Waals surface area (Å²) < 4.78 is 5.51. The molecule has 1 heterocycles. The first kappa shape index (κ1) is 14.3. The van der Waals surface area contributed by atoms with Gasteiger partial charge in [-0.2, -0.15) is 0 Å². The van der Waals surface area contributed by atoms with Crippen LogP contribution in [0.5, 0.6) is 5.75 Å². The lowest BCUT2D eigenvalue weighted by molar-refractivity contribution is -0.131. The normalized spacial score (nSPS) is 10.2. The van der Waals surface area contributed by atoms with Crippen molar-refractivity contribution in [1.29, 1.82) is 0 Å². The number of para-hydroxylation sites is 2. The summed E-state index contributed by atoms with van der Waals surface area (Å²) >= 11 is 1.52. The molecule has 0 fully saturated rings. The Kier molecular flexibility index (Phi) is 4.95. The molecule has 2 aromatic rings. The highest BCUT2D eigenvalue weighted by molar-refractivity contribution is 7.07. The van der Waals surface area contributed by atoms with Crippen LogP contribution >= 0.6 is 11.3 Å². The maximum Gasteiger partial charge on any atom is 0.226 e. The van der Waals surface area contributed by atoms with E-state index >= 15 is 0 Å². The maximum atomic E-state index is 11.9. The van der Waals surface area contributed by atoms with Crippen LogP contribution in [0, 0.1) is 0 Å². The van der Waals surface area contributed by atoms with Gasteiger partial charge in [0.2, 0.25) is 5.91 Å². The van der Waals surface area contributed by atoms with E-state index in [1.165, 1.54) is 11.3 Å². The molecule has 0 aliphatic rings. The first-order valence-electron chi connectivity index (χ1n) is 6.25. The second kappa shape index (κ2) is 6.91. The largest absolute Gasteiger partial charge is 0.491 e. The summed E-state index contributed by atoms with van der Waals surface area (Å²) in [4.78, 5) is 17.7. The highest BCUT2D eigenvalue weighted by atomic mass is 32.1. The van der Waals surface area contributed by atoms with Crippen molar-refractivity contribution < 1.29 is 9.53 Å². The third-order valence-corrected chi connectivity index (χ3v) is 3.44. The molecular weight excluding hydrogens is 274 g/mol. The molecular formula is C14H17N3O2S. The van der Waals surface area contributed by atoms with Gasteiger partial charge in [0.15, 0.2) is 0 Å². The molecule has 0 atom stereocenters. The van der Waals surface area contributed by atoms with Gasteiger partial charge in [-0.1, -0.05) is 12.1 Å². The topological polar surface area (TPSA) is 68.5 Å². The van der Waals surface area contributed by atoms with Gasteiger partial charge in [0.25, 0.3) is 0 Å². The van der Waals surface area contributed by atoms with Crippen LogP contribution in [0.4, 0.5) is 5.69 Å². The van der Waals surface area contributed by atoms with E-state index in [1.54, 1.807) is 29.6 Å². The van der Waals surface area contributed by atoms with E-state index in [-0.39, 0.29) is 5.91 Å². The Balaban J connectivity index is 1.76. The van der Waals surface area contributed by atoms with Crippen molar-refractivity contribution in [2.24, 2.45) is 0 Å². The number of carbonyl (C=O) groups is 1. The first-order valence-corrected chi connectivity index (χ1v) is 7.19. The fourth-order valence-electron chi connectivity index (χ4n) is 1.70. The quantitative estimate of drug-likeness (QED) is 0.828. The molecule has 106 valence electrons. The number of amides is 1. The molecule has 5 nitrogen and oxygen atoms in total. The molecule has 6 heteroatoms. The lowest BCUT2D eigenvalue weighted by atomic mass is 10.3. The number of nitrogens with two attached hydrogens (primary N) is 1. The summed E-state index contributed by atoms with van der Waals surface area (Å²) in [6, 6.07) is 7.25. The van der Waals surface area contributed by atoms with Crippen molar-refractivity contribution in [2.75, 3.05) is 19.4 Å². The minimum Gasteiger partial charge on any atom is -0.491 e. The number of hydrogen-bond acceptors (Lipinski definition) is 5. The van der Waals surface area contributed by atoms with Gasteiger partial charge in [-0.25, -0.2) is 4.98 Å². The Labute approximate surface area is 122 Å². The van der Waals surface area contributed by atoms with E-state index in [0.29, 0.717) is 31.0 Å². The number of hydrogen-bond donors (Lipinski definition) is 1. The molecule has 0 spiro atoms. The molecule has 1 aromatic heterocycles. The second-order valence-corrected chi connectivity index (χ2v) is 5.08. The predicted octanol–water partition coefficient (Wildman–Crippen LogP) is 2.15. The molecule has 1 aromatic carbocycles. The summed E-state index contributed by atoms with van der Waals surface area (Å²) in [7, 11) is 1.76. The number of carbonyl (C=O) groups excluding carboxylic acids is 1. The molecule has 0 bridgehead atoms. The van der Waals surface area contributed by atoms with Crippen LogP contribution in [0.2, 0.25) is 0 Å². The Morgan fingerprint density at radius 1 is 1.45 bits per heavy atom. The first-order chi connectivity index (χ1) is 9.66. The molecule has 2 N–H and O–H groups in total. The second-order valence-electron chi connectivity index (χ2n) is 4.37. The third kappa shape index (κ3) is 3.96. The van der Waals surface area contributed by atoms with Crippen LogP contribution in [0.1, 0.15) is 12.1 Å². The van der Waals surface area contributed by atoms with Crippen LogP contribution in [-0.4, -0.2) is 29.4 Å². The lowest BCUT2D eigenvalue weighted by Crippen LogP contribution is -2.27. The van der Waals surface area contributed by atoms with Gasteiger partial charge in [0, 0.05) is 12.4 Å². The number of thiazole rings is 1. The Morgan fingerprint density at radius 3 is 2.95 bits per heavy atom. The summed E-state index contributed by atoms with van der Waals surface area (Å²) in [5.74, 6) is 0.634. The lowest BCUT2D eigenvalue weighted by Gasteiger charge is -2.16. The molecule has 0 aliphatic carbocycles. The standard InChI is InChI=1S/C14H17N3O2S/c1-17(8-11-9-20-10-16-11)14(18)6-7-19-13-5-3-2-4-12(13)15/h2-5,9-10H,6-8,15H2,1H3. The third-order valence-electron chi connectivity index (χ3n) is 2.80. The van der Waals surface area contributed by atoms with Crippen molar-refractivity contribution in [3.8, 4) is 5.75 Å². The van der Waals surface area contributed by atoms with Gasteiger partial charge in [0.05, 0.1) is 36.5 Å². The van der Waals surface area contributed by atoms with E-state index in [1.807, 2.05) is 17.5 Å². The predicted molar refractivity (Wildman–Crippen MR) is 79.6 cm³/mol. The zero-order valence-corrected chi connectivity index (χ0v) is 12.1. The number of ether oxygens (including phenoxy) is 1. The smallest absolute Gasteiger partial charge is 0.226 e. The Hall–Kier alpha value is -2.08. The molecule has 1 amide bonds. The van der Waals surface area contributed by atoms with E-state index in [9.17, 15) is 4.79 Å². The van der Waals surface area contributed by atoms with Gasteiger partial charge in [0.1, 0.15) is 5.75 Å². The average molecular weight is 291 g/mol. The van der Waals surface area contributed by atoms with Gasteiger partial charge < -0.3 is 15.4 Å². The fraction of sp³-hybridized carbons (Fsp3) is 0.286. The number of rotatable bonds is 6. The number of benzene rings is 1. The van der Waals surface area contributed by atoms with Crippen molar-refractivity contribution >= 4 is 22.9 Å². The average Bonchev–Trinajstić information content (AvgIpc) is 2.93. The number of aromatic nitrogens is 1. The number of nitrogens with zero attached hydrogens (tertiary/aromatic N) is 2. The summed E-state index contributed by atoms with van der Waals surface area (Å²) in [6.45, 7) is 0.838. The molecule has 0 radical (unpaired) electrons. The molecule has 0 saturated heterocycles. The molecule has 2 rings (SSSR count). The van der Waals surface area contributed by atoms with Crippen LogP contribution in [-0.2, 0) is 11.3 Å². The van der Waals surface area contributed by atoms with E-state index in [4.69, 9.17) is 10.5 Å². The van der Waals surface area contributed by atoms with Crippen LogP contribution in [0.25, 0.3) is 0 Å². The minimum atomic E-state index is 0.0208. The summed E-state index contributed by atoms with van der Waals surface area (Å²) in [5.41, 5.74) is 9.00. The van der Waals surface area contributed by atoms with Crippen molar-refractivity contribution in [3.63, 3.8) is 0 Å². The van der Waals surface area contributed by atoms with Gasteiger partial charge in [-0.05, 0) is 12.1 Å². The van der Waals surface area contributed by atoms with Crippen LogP contribution in [0.15, 0.2) is 35.2 Å². The van der Waals surface area contributed by atoms with Crippen LogP contribution in [0.3, 0.4) is 0 Å². The monoisotopic (exact) mass is 291 g/mol. The summed E-state index contributed by atoms with van der Waals surface area (Å²) in [5, 5.41) is 1.94.